The first-order chi connectivity index (χ1) is 17.9. The summed E-state index contributed by atoms with van der Waals surface area (Å²) in [6.45, 7) is 3.95. The zero-order valence-corrected chi connectivity index (χ0v) is 22.2. The molecule has 0 radical (unpaired) electrons. The molecule has 37 heavy (non-hydrogen) atoms. The van der Waals surface area contributed by atoms with Gasteiger partial charge in [-0.2, -0.15) is 4.98 Å². The fourth-order valence-electron chi connectivity index (χ4n) is 4.33. The van der Waals surface area contributed by atoms with Crippen LogP contribution < -0.4 is 15.4 Å². The molecule has 0 aliphatic carbocycles. The van der Waals surface area contributed by atoms with Gasteiger partial charge in [-0.25, -0.2) is 4.68 Å². The molecule has 188 valence electrons. The molecule has 1 aliphatic heterocycles. The maximum atomic E-state index is 13.7. The van der Waals surface area contributed by atoms with Gasteiger partial charge in [0.25, 0.3) is 5.91 Å². The maximum Gasteiger partial charge on any atom is 0.255 e. The Labute approximate surface area is 224 Å². The molecule has 0 saturated heterocycles. The van der Waals surface area contributed by atoms with Crippen LogP contribution in [0.3, 0.4) is 0 Å². The van der Waals surface area contributed by atoms with Crippen molar-refractivity contribution in [3.63, 3.8) is 0 Å². The van der Waals surface area contributed by atoms with Crippen LogP contribution in [0.1, 0.15) is 29.7 Å². The van der Waals surface area contributed by atoms with Crippen molar-refractivity contribution in [2.24, 2.45) is 0 Å². The number of anilines is 2. The number of ether oxygens (including phenoxy) is 1. The van der Waals surface area contributed by atoms with E-state index in [1.165, 1.54) is 11.1 Å². The SMILES string of the molecule is COc1ccccc1NC(=O)C1=C(C)Nc2nc(SCc3cccc(C)c3)nn2[C@@H]1c1ccc(Cl)cc1. The van der Waals surface area contributed by atoms with Gasteiger partial charge in [-0.15, -0.1) is 5.10 Å². The summed E-state index contributed by atoms with van der Waals surface area (Å²) in [5.41, 5.74) is 5.10. The Morgan fingerprint density at radius 1 is 1.11 bits per heavy atom. The molecule has 0 bridgehead atoms. The molecule has 1 atom stereocenters. The molecule has 5 rings (SSSR count). The summed E-state index contributed by atoms with van der Waals surface area (Å²) in [5, 5.41) is 12.3. The van der Waals surface area contributed by atoms with E-state index in [-0.39, 0.29) is 5.91 Å². The smallest absolute Gasteiger partial charge is 0.255 e. The molecule has 2 heterocycles. The first kappa shape index (κ1) is 24.9. The highest BCUT2D eigenvalue weighted by molar-refractivity contribution is 7.98. The van der Waals surface area contributed by atoms with E-state index in [1.54, 1.807) is 35.7 Å². The van der Waals surface area contributed by atoms with Crippen molar-refractivity contribution in [1.29, 1.82) is 0 Å². The topological polar surface area (TPSA) is 81.1 Å². The molecule has 7 nitrogen and oxygen atoms in total. The third-order valence-electron chi connectivity index (χ3n) is 6.07. The number of rotatable bonds is 7. The van der Waals surface area contributed by atoms with E-state index in [4.69, 9.17) is 26.4 Å². The van der Waals surface area contributed by atoms with Crippen molar-refractivity contribution in [1.82, 2.24) is 14.8 Å². The Balaban J connectivity index is 1.49. The molecule has 0 fully saturated rings. The van der Waals surface area contributed by atoms with E-state index in [2.05, 4.69) is 41.8 Å². The number of methoxy groups -OCH3 is 1. The molecule has 2 N–H and O–H groups in total. The number of para-hydroxylation sites is 2. The first-order valence-corrected chi connectivity index (χ1v) is 13.1. The molecular weight excluding hydrogens is 506 g/mol. The summed E-state index contributed by atoms with van der Waals surface area (Å²) in [6, 6.07) is 22.6. The van der Waals surface area contributed by atoms with Crippen LogP contribution in [0, 0.1) is 6.92 Å². The van der Waals surface area contributed by atoms with Crippen LogP contribution in [0.2, 0.25) is 5.02 Å². The Kier molecular flexibility index (Phi) is 7.21. The highest BCUT2D eigenvalue weighted by Crippen LogP contribution is 2.38. The van der Waals surface area contributed by atoms with Crippen LogP contribution in [0.4, 0.5) is 11.6 Å². The lowest BCUT2D eigenvalue weighted by molar-refractivity contribution is -0.113. The predicted molar refractivity (Wildman–Crippen MR) is 148 cm³/mol. The molecule has 0 saturated carbocycles. The molecule has 1 aliphatic rings. The molecule has 3 aromatic carbocycles. The average Bonchev–Trinajstić information content (AvgIpc) is 3.30. The molecule has 1 amide bonds. The van der Waals surface area contributed by atoms with Crippen molar-refractivity contribution >= 4 is 40.9 Å². The number of fused-ring (bicyclic) bond motifs is 1. The quantitative estimate of drug-likeness (QED) is 0.266. The maximum absolute atomic E-state index is 13.7. The molecule has 0 spiro atoms. The fourth-order valence-corrected chi connectivity index (χ4v) is 5.23. The van der Waals surface area contributed by atoms with E-state index in [1.807, 2.05) is 43.3 Å². The molecule has 1 aromatic heterocycles. The third kappa shape index (κ3) is 5.35. The first-order valence-electron chi connectivity index (χ1n) is 11.8. The number of aryl methyl sites for hydroxylation is 1. The van der Waals surface area contributed by atoms with Gasteiger partial charge in [0, 0.05) is 16.5 Å². The normalized spacial score (nSPS) is 14.6. The number of nitrogens with one attached hydrogen (secondary N) is 2. The van der Waals surface area contributed by atoms with Crippen LogP contribution in [-0.2, 0) is 10.5 Å². The largest absolute Gasteiger partial charge is 0.495 e. The molecular formula is C28H26ClN5O2S. The minimum absolute atomic E-state index is 0.260. The van der Waals surface area contributed by atoms with Crippen LogP contribution in [0.15, 0.2) is 89.2 Å². The van der Waals surface area contributed by atoms with E-state index < -0.39 is 6.04 Å². The van der Waals surface area contributed by atoms with E-state index in [9.17, 15) is 4.79 Å². The zero-order chi connectivity index (χ0) is 25.9. The third-order valence-corrected chi connectivity index (χ3v) is 7.23. The predicted octanol–water partition coefficient (Wildman–Crippen LogP) is 6.47. The summed E-state index contributed by atoms with van der Waals surface area (Å²) in [7, 11) is 1.58. The lowest BCUT2D eigenvalue weighted by atomic mass is 9.95. The van der Waals surface area contributed by atoms with Gasteiger partial charge in [-0.3, -0.25) is 4.79 Å². The standard InChI is InChI=1S/C28H26ClN5O2S/c1-17-7-6-8-19(15-17)16-37-28-32-27-30-18(2)24(26(35)31-22-9-4-5-10-23(22)36-3)25(34(27)33-28)20-11-13-21(29)14-12-20/h4-15,25H,16H2,1-3H3,(H,31,35)(H,30,32,33)/t25-/m1/s1. The molecule has 4 aromatic rings. The number of hydrogen-bond acceptors (Lipinski definition) is 6. The van der Waals surface area contributed by atoms with Crippen molar-refractivity contribution in [3.05, 3.63) is 106 Å². The van der Waals surface area contributed by atoms with Crippen molar-refractivity contribution < 1.29 is 9.53 Å². The summed E-state index contributed by atoms with van der Waals surface area (Å²) in [5.74, 6) is 1.64. The Morgan fingerprint density at radius 3 is 2.65 bits per heavy atom. The van der Waals surface area contributed by atoms with Crippen LogP contribution in [-0.4, -0.2) is 27.8 Å². The number of aromatic nitrogens is 3. The zero-order valence-electron chi connectivity index (χ0n) is 20.7. The van der Waals surface area contributed by atoms with Crippen molar-refractivity contribution in [3.8, 4) is 5.75 Å². The van der Waals surface area contributed by atoms with Crippen LogP contribution in [0.25, 0.3) is 0 Å². The monoisotopic (exact) mass is 531 g/mol. The number of halogens is 1. The Hall–Kier alpha value is -3.75. The average molecular weight is 532 g/mol. The van der Waals surface area contributed by atoms with Gasteiger partial charge in [0.15, 0.2) is 0 Å². The number of hydrogen-bond donors (Lipinski definition) is 2. The lowest BCUT2D eigenvalue weighted by Gasteiger charge is -2.28. The molecule has 0 unspecified atom stereocenters. The second-order valence-corrected chi connectivity index (χ2v) is 10.1. The van der Waals surface area contributed by atoms with E-state index in [0.29, 0.717) is 38.8 Å². The van der Waals surface area contributed by atoms with Gasteiger partial charge < -0.3 is 15.4 Å². The minimum Gasteiger partial charge on any atom is -0.495 e. The second-order valence-electron chi connectivity index (χ2n) is 8.71. The number of carbonyl (C=O) groups excluding carboxylic acids is 1. The number of nitrogens with zero attached hydrogens (tertiary/aromatic N) is 3. The number of thioether (sulfide) groups is 1. The second kappa shape index (κ2) is 10.7. The van der Waals surface area contributed by atoms with Gasteiger partial charge in [0.2, 0.25) is 11.1 Å². The summed E-state index contributed by atoms with van der Waals surface area (Å²) >= 11 is 7.73. The van der Waals surface area contributed by atoms with E-state index >= 15 is 0 Å². The van der Waals surface area contributed by atoms with Gasteiger partial charge in [0.05, 0.1) is 18.4 Å². The highest BCUT2D eigenvalue weighted by atomic mass is 35.5. The van der Waals surface area contributed by atoms with E-state index in [0.717, 1.165) is 11.3 Å². The number of amides is 1. The Morgan fingerprint density at radius 2 is 1.89 bits per heavy atom. The van der Waals surface area contributed by atoms with Crippen molar-refractivity contribution in [2.45, 2.75) is 30.8 Å². The number of carbonyl (C=O) groups is 1. The Bertz CT molecular complexity index is 1480. The summed E-state index contributed by atoms with van der Waals surface area (Å²) in [4.78, 5) is 18.4. The van der Waals surface area contributed by atoms with Gasteiger partial charge in [-0.05, 0) is 49.2 Å². The van der Waals surface area contributed by atoms with Crippen molar-refractivity contribution in [2.75, 3.05) is 17.7 Å². The van der Waals surface area contributed by atoms with Gasteiger partial charge in [-0.1, -0.05) is 77.5 Å². The number of benzene rings is 3. The van der Waals surface area contributed by atoms with Gasteiger partial charge >= 0.3 is 0 Å². The van der Waals surface area contributed by atoms with Gasteiger partial charge in [0.1, 0.15) is 11.8 Å². The summed E-state index contributed by atoms with van der Waals surface area (Å²) in [6.07, 6.45) is 0. The van der Waals surface area contributed by atoms with Crippen LogP contribution in [0.5, 0.6) is 5.75 Å². The summed E-state index contributed by atoms with van der Waals surface area (Å²) < 4.78 is 7.19. The minimum atomic E-state index is -0.496. The number of allylic oxidation sites excluding steroid dienone is 1. The fraction of sp³-hybridized carbons (Fsp3) is 0.179. The lowest BCUT2D eigenvalue weighted by Crippen LogP contribution is -2.31. The highest BCUT2D eigenvalue weighted by Gasteiger charge is 2.34. The van der Waals surface area contributed by atoms with Crippen LogP contribution >= 0.6 is 23.4 Å². The molecule has 9 heteroatoms.